The third-order valence-corrected chi connectivity index (χ3v) is 17.3. The Morgan fingerprint density at radius 3 is 1.34 bits per heavy atom. The fourth-order valence-corrected chi connectivity index (χ4v) is 13.5. The minimum absolute atomic E-state index is 0.0244. The van der Waals surface area contributed by atoms with Crippen molar-refractivity contribution in [2.45, 2.75) is 84.0 Å². The molecule has 0 radical (unpaired) electrons. The summed E-state index contributed by atoms with van der Waals surface area (Å²) in [6.45, 7) is 21.0. The molecule has 374 valence electrons. The minimum Gasteiger partial charge on any atom is -0.311 e. The number of rotatable bonds is 5. The summed E-state index contributed by atoms with van der Waals surface area (Å²) < 4.78 is 0. The molecule has 2 aliphatic carbocycles. The fourth-order valence-electron chi connectivity index (χ4n) is 13.5. The van der Waals surface area contributed by atoms with Crippen LogP contribution in [0.2, 0.25) is 0 Å². The van der Waals surface area contributed by atoms with Gasteiger partial charge in [-0.25, -0.2) is 0 Å². The Morgan fingerprint density at radius 1 is 0.325 bits per heavy atom. The number of para-hydroxylation sites is 2. The molecule has 0 saturated carbocycles. The minimum atomic E-state index is -0.440. The summed E-state index contributed by atoms with van der Waals surface area (Å²) in [6.07, 6.45) is 0. The molecule has 4 heteroatoms. The van der Waals surface area contributed by atoms with E-state index in [1.807, 2.05) is 0 Å². The molecular formula is C73H64BN3. The molecule has 10 aromatic rings. The van der Waals surface area contributed by atoms with Crippen LogP contribution in [0.25, 0.3) is 22.3 Å². The molecule has 0 saturated heterocycles. The van der Waals surface area contributed by atoms with Crippen molar-refractivity contribution in [2.75, 3.05) is 14.7 Å². The molecule has 0 aromatic heterocycles. The monoisotopic (exact) mass is 994 g/mol. The van der Waals surface area contributed by atoms with Gasteiger partial charge < -0.3 is 14.7 Å². The molecule has 3 nitrogen and oxygen atoms in total. The molecular weight excluding hydrogens is 930 g/mol. The third-order valence-electron chi connectivity index (χ3n) is 17.3. The Kier molecular flexibility index (Phi) is 10.3. The van der Waals surface area contributed by atoms with Gasteiger partial charge in [-0.1, -0.05) is 208 Å². The van der Waals surface area contributed by atoms with Gasteiger partial charge >= 0.3 is 0 Å². The summed E-state index contributed by atoms with van der Waals surface area (Å²) in [4.78, 5) is 7.64. The maximum absolute atomic E-state index is 2.64. The summed E-state index contributed by atoms with van der Waals surface area (Å²) in [5.41, 5.74) is 28.3. The number of benzene rings is 10. The average Bonchev–Trinajstić information content (AvgIpc) is 4.13. The van der Waals surface area contributed by atoms with Crippen molar-refractivity contribution in [3.63, 3.8) is 0 Å². The lowest BCUT2D eigenvalue weighted by Crippen LogP contribution is -2.61. The topological polar surface area (TPSA) is 9.72 Å². The van der Waals surface area contributed by atoms with E-state index in [2.05, 4.69) is 301 Å². The van der Waals surface area contributed by atoms with Gasteiger partial charge in [0, 0.05) is 51.2 Å². The molecule has 0 unspecified atom stereocenters. The molecule has 0 fully saturated rings. The van der Waals surface area contributed by atoms with Crippen LogP contribution in [0, 0.1) is 0 Å². The van der Waals surface area contributed by atoms with Gasteiger partial charge in [0.2, 0.25) is 0 Å². The van der Waals surface area contributed by atoms with E-state index in [0.717, 1.165) is 22.7 Å². The summed E-state index contributed by atoms with van der Waals surface area (Å²) >= 11 is 0. The van der Waals surface area contributed by atoms with Crippen molar-refractivity contribution >= 4 is 74.3 Å². The highest BCUT2D eigenvalue weighted by atomic mass is 15.2. The van der Waals surface area contributed by atoms with Crippen LogP contribution >= 0.6 is 0 Å². The van der Waals surface area contributed by atoms with Gasteiger partial charge in [-0.15, -0.1) is 0 Å². The van der Waals surface area contributed by atoms with E-state index in [9.17, 15) is 0 Å². The van der Waals surface area contributed by atoms with Gasteiger partial charge in [0.1, 0.15) is 0 Å². The van der Waals surface area contributed by atoms with Gasteiger partial charge in [0.25, 0.3) is 6.71 Å². The van der Waals surface area contributed by atoms with Crippen LogP contribution in [0.5, 0.6) is 0 Å². The van der Waals surface area contributed by atoms with Crippen molar-refractivity contribution in [1.82, 2.24) is 0 Å². The molecule has 2 aliphatic heterocycles. The zero-order valence-electron chi connectivity index (χ0n) is 45.8. The maximum Gasteiger partial charge on any atom is 0.252 e. The van der Waals surface area contributed by atoms with Crippen LogP contribution in [0.1, 0.15) is 101 Å². The van der Waals surface area contributed by atoms with Crippen molar-refractivity contribution < 1.29 is 0 Å². The lowest BCUT2D eigenvalue weighted by atomic mass is 9.33. The lowest BCUT2D eigenvalue weighted by molar-refractivity contribution is 0.589. The van der Waals surface area contributed by atoms with Crippen molar-refractivity contribution in [3.05, 3.63) is 263 Å². The SMILES string of the molecule is CC(C)(C)c1ccc(N2c3ccc(C(C)(C)C)cc3B3c4ccc(N(c5ccccc5)c5ccccc5)cc4N(c4ccc5c(c4)-c4ccccc4C54c5ccccc5-c5ccccc54)c4cc(C(C)(C)C)cc2c43)cc1. The predicted octanol–water partition coefficient (Wildman–Crippen LogP) is 17.5. The summed E-state index contributed by atoms with van der Waals surface area (Å²) in [5, 5.41) is 0. The van der Waals surface area contributed by atoms with Crippen LogP contribution in [0.4, 0.5) is 51.2 Å². The highest BCUT2D eigenvalue weighted by Gasteiger charge is 2.52. The molecule has 14 rings (SSSR count). The second-order valence-electron chi connectivity index (χ2n) is 25.0. The normalized spacial score (nSPS) is 14.3. The number of hydrogen-bond donors (Lipinski definition) is 0. The first-order valence-corrected chi connectivity index (χ1v) is 27.6. The quantitative estimate of drug-likeness (QED) is 0.159. The Labute approximate surface area is 456 Å². The first kappa shape index (κ1) is 47.1. The molecule has 0 bridgehead atoms. The highest BCUT2D eigenvalue weighted by molar-refractivity contribution is 7.00. The first-order valence-electron chi connectivity index (χ1n) is 27.6. The Bertz CT molecular complexity index is 3920. The second-order valence-corrected chi connectivity index (χ2v) is 25.0. The molecule has 0 amide bonds. The van der Waals surface area contributed by atoms with E-state index < -0.39 is 5.41 Å². The molecule has 1 spiro atoms. The van der Waals surface area contributed by atoms with E-state index in [-0.39, 0.29) is 23.0 Å². The van der Waals surface area contributed by atoms with Crippen molar-refractivity contribution in [3.8, 4) is 22.3 Å². The molecule has 10 aromatic carbocycles. The van der Waals surface area contributed by atoms with Gasteiger partial charge in [-0.3, -0.25) is 0 Å². The van der Waals surface area contributed by atoms with Gasteiger partial charge in [-0.2, -0.15) is 0 Å². The second kappa shape index (κ2) is 16.8. The standard InChI is InChI=1S/C73H64BN3/c1-70(2,3)47-32-35-52(36-33-47)76-65-41-34-48(71(4,5)6)42-64(65)74-63-40-38-54(75(50-22-12-10-13-23-50)51-24-14-11-15-25-51)46-66(63)77(68-44-49(72(7,8)9)43-67(76)69(68)74)53-37-39-62-58(45-53)57-28-18-21-31-61(57)73(62)59-29-19-16-26-55(59)56-27-17-20-30-60(56)73/h10-46H,1-9H3. The van der Waals surface area contributed by atoms with Crippen LogP contribution in [-0.2, 0) is 21.7 Å². The van der Waals surface area contributed by atoms with E-state index in [4.69, 9.17) is 0 Å². The largest absolute Gasteiger partial charge is 0.311 e. The first-order chi connectivity index (χ1) is 37.1. The van der Waals surface area contributed by atoms with E-state index in [1.54, 1.807) is 0 Å². The number of fused-ring (bicyclic) bond motifs is 14. The number of anilines is 9. The van der Waals surface area contributed by atoms with Gasteiger partial charge in [0.15, 0.2) is 0 Å². The van der Waals surface area contributed by atoms with Gasteiger partial charge in [0.05, 0.1) is 5.41 Å². The fraction of sp³-hybridized carbons (Fsp3) is 0.178. The zero-order valence-corrected chi connectivity index (χ0v) is 45.8. The Hall–Kier alpha value is -8.34. The molecule has 2 heterocycles. The van der Waals surface area contributed by atoms with Crippen LogP contribution in [0.3, 0.4) is 0 Å². The Balaban J connectivity index is 1.08. The summed E-state index contributed by atoms with van der Waals surface area (Å²) in [5.74, 6) is 0. The van der Waals surface area contributed by atoms with Gasteiger partial charge in [-0.05, 0) is 173 Å². The smallest absolute Gasteiger partial charge is 0.252 e. The number of hydrogen-bond acceptors (Lipinski definition) is 3. The molecule has 77 heavy (non-hydrogen) atoms. The predicted molar refractivity (Wildman–Crippen MR) is 328 cm³/mol. The number of nitrogens with zero attached hydrogens (tertiary/aromatic N) is 3. The summed E-state index contributed by atoms with van der Waals surface area (Å²) in [6, 6.07) is 85.7. The molecule has 4 aliphatic rings. The summed E-state index contributed by atoms with van der Waals surface area (Å²) in [7, 11) is 0. The van der Waals surface area contributed by atoms with Crippen molar-refractivity contribution in [1.29, 1.82) is 0 Å². The maximum atomic E-state index is 2.64. The van der Waals surface area contributed by atoms with Crippen LogP contribution < -0.4 is 31.1 Å². The third kappa shape index (κ3) is 7.03. The van der Waals surface area contributed by atoms with E-state index in [0.29, 0.717) is 0 Å². The molecule has 0 N–H and O–H groups in total. The molecule has 0 atom stereocenters. The van der Waals surface area contributed by atoms with Crippen LogP contribution in [0.15, 0.2) is 224 Å². The van der Waals surface area contributed by atoms with E-state index in [1.165, 1.54) is 106 Å². The van der Waals surface area contributed by atoms with Crippen molar-refractivity contribution in [2.24, 2.45) is 0 Å². The van der Waals surface area contributed by atoms with E-state index >= 15 is 0 Å². The zero-order chi connectivity index (χ0) is 52.8. The highest BCUT2D eigenvalue weighted by Crippen LogP contribution is 2.63. The Morgan fingerprint density at radius 2 is 0.792 bits per heavy atom. The average molecular weight is 994 g/mol. The van der Waals surface area contributed by atoms with Crippen LogP contribution in [-0.4, -0.2) is 6.71 Å². The lowest BCUT2D eigenvalue weighted by Gasteiger charge is -2.46.